The number of rotatable bonds is 6. The van der Waals surface area contributed by atoms with Gasteiger partial charge >= 0.3 is 0 Å². The minimum absolute atomic E-state index is 0.0129. The van der Waals surface area contributed by atoms with Crippen molar-refractivity contribution >= 4 is 5.78 Å². The lowest BCUT2D eigenvalue weighted by Crippen LogP contribution is -2.04. The van der Waals surface area contributed by atoms with E-state index in [-0.39, 0.29) is 5.78 Å². The van der Waals surface area contributed by atoms with Crippen molar-refractivity contribution < 1.29 is 9.53 Å². The Morgan fingerprint density at radius 2 is 1.90 bits per heavy atom. The number of hydrogen-bond donors (Lipinski definition) is 0. The molecule has 0 aliphatic rings. The highest BCUT2D eigenvalue weighted by Gasteiger charge is 2.12. The van der Waals surface area contributed by atoms with Gasteiger partial charge in [-0.1, -0.05) is 48.5 Å². The number of ketones is 1. The zero-order valence-corrected chi connectivity index (χ0v) is 11.6. The molecular formula is C18H18O2. The maximum absolute atomic E-state index is 11.7. The summed E-state index contributed by atoms with van der Waals surface area (Å²) in [4.78, 5) is 11.7. The maximum Gasteiger partial charge on any atom is 0.163 e. The molecule has 0 aliphatic heterocycles. The number of benzene rings is 2. The fourth-order valence-electron chi connectivity index (χ4n) is 2.08. The smallest absolute Gasteiger partial charge is 0.163 e. The van der Waals surface area contributed by atoms with Gasteiger partial charge in [-0.25, -0.2) is 0 Å². The average molecular weight is 266 g/mol. The number of allylic oxidation sites excluding steroid dienone is 1. The molecule has 0 radical (unpaired) electrons. The van der Waals surface area contributed by atoms with Gasteiger partial charge in [-0.15, -0.1) is 6.58 Å². The molecule has 0 aliphatic carbocycles. The monoisotopic (exact) mass is 266 g/mol. The molecule has 102 valence electrons. The van der Waals surface area contributed by atoms with Crippen LogP contribution in [0.4, 0.5) is 0 Å². The minimum atomic E-state index is 0.0129. The highest BCUT2D eigenvalue weighted by Crippen LogP contribution is 2.26. The minimum Gasteiger partial charge on any atom is -0.488 e. The summed E-state index contributed by atoms with van der Waals surface area (Å²) < 4.78 is 5.90. The van der Waals surface area contributed by atoms with E-state index in [1.54, 1.807) is 13.0 Å². The molecule has 0 saturated heterocycles. The van der Waals surface area contributed by atoms with Crippen LogP contribution in [-0.2, 0) is 13.0 Å². The lowest BCUT2D eigenvalue weighted by molar-refractivity contribution is 0.101. The van der Waals surface area contributed by atoms with Crippen molar-refractivity contribution in [2.24, 2.45) is 0 Å². The largest absolute Gasteiger partial charge is 0.488 e. The van der Waals surface area contributed by atoms with Gasteiger partial charge in [0.25, 0.3) is 0 Å². The van der Waals surface area contributed by atoms with E-state index >= 15 is 0 Å². The highest BCUT2D eigenvalue weighted by molar-refractivity contribution is 5.97. The fraction of sp³-hybridized carbons (Fsp3) is 0.167. The molecule has 2 aromatic carbocycles. The molecule has 0 N–H and O–H groups in total. The Hall–Kier alpha value is -2.35. The number of carbonyl (C=O) groups is 1. The second kappa shape index (κ2) is 6.71. The lowest BCUT2D eigenvalue weighted by Gasteiger charge is -2.14. The number of carbonyl (C=O) groups excluding carboxylic acids is 1. The van der Waals surface area contributed by atoms with Crippen LogP contribution in [0.1, 0.15) is 28.4 Å². The van der Waals surface area contributed by atoms with Crippen LogP contribution < -0.4 is 4.74 Å². The van der Waals surface area contributed by atoms with Crippen molar-refractivity contribution in [3.8, 4) is 5.75 Å². The van der Waals surface area contributed by atoms with Crippen LogP contribution in [0, 0.1) is 0 Å². The van der Waals surface area contributed by atoms with Crippen LogP contribution in [0.5, 0.6) is 5.75 Å². The third-order valence-electron chi connectivity index (χ3n) is 3.07. The molecule has 20 heavy (non-hydrogen) atoms. The Kier molecular flexibility index (Phi) is 4.72. The van der Waals surface area contributed by atoms with Gasteiger partial charge in [0.05, 0.1) is 5.56 Å². The van der Waals surface area contributed by atoms with Gasteiger partial charge in [0.2, 0.25) is 0 Å². The average Bonchev–Trinajstić information content (AvgIpc) is 2.47. The molecule has 2 heteroatoms. The van der Waals surface area contributed by atoms with E-state index in [4.69, 9.17) is 4.74 Å². The topological polar surface area (TPSA) is 26.3 Å². The molecule has 2 nitrogen and oxygen atoms in total. The second-order valence-corrected chi connectivity index (χ2v) is 4.62. The van der Waals surface area contributed by atoms with E-state index in [1.165, 1.54) is 0 Å². The van der Waals surface area contributed by atoms with Crippen LogP contribution in [0.25, 0.3) is 0 Å². The van der Waals surface area contributed by atoms with Crippen molar-refractivity contribution in [3.63, 3.8) is 0 Å². The van der Waals surface area contributed by atoms with Gasteiger partial charge in [-0.05, 0) is 30.5 Å². The predicted molar refractivity (Wildman–Crippen MR) is 81.1 cm³/mol. The maximum atomic E-state index is 11.7. The van der Waals surface area contributed by atoms with Crippen molar-refractivity contribution in [2.75, 3.05) is 0 Å². The third kappa shape index (κ3) is 3.35. The number of ether oxygens (including phenoxy) is 1. The zero-order valence-electron chi connectivity index (χ0n) is 11.6. The van der Waals surface area contributed by atoms with Gasteiger partial charge in [0.15, 0.2) is 5.78 Å². The number of Topliss-reactive ketones (excluding diaryl/α,β-unsaturated/α-hetero) is 1. The van der Waals surface area contributed by atoms with Gasteiger partial charge in [-0.3, -0.25) is 4.79 Å². The van der Waals surface area contributed by atoms with Gasteiger partial charge in [-0.2, -0.15) is 0 Å². The van der Waals surface area contributed by atoms with Crippen LogP contribution >= 0.6 is 0 Å². The Morgan fingerprint density at radius 3 is 2.55 bits per heavy atom. The summed E-state index contributed by atoms with van der Waals surface area (Å²) in [7, 11) is 0. The molecular weight excluding hydrogens is 248 g/mol. The molecule has 0 fully saturated rings. The molecule has 0 heterocycles. The van der Waals surface area contributed by atoms with Crippen molar-refractivity contribution in [2.45, 2.75) is 20.0 Å². The van der Waals surface area contributed by atoms with Crippen molar-refractivity contribution in [1.29, 1.82) is 0 Å². The second-order valence-electron chi connectivity index (χ2n) is 4.62. The molecule has 0 aromatic heterocycles. The first-order valence-electron chi connectivity index (χ1n) is 6.63. The van der Waals surface area contributed by atoms with Crippen LogP contribution in [0.15, 0.2) is 61.2 Å². The fourth-order valence-corrected chi connectivity index (χ4v) is 2.08. The zero-order chi connectivity index (χ0) is 14.4. The summed E-state index contributed by atoms with van der Waals surface area (Å²) in [6.07, 6.45) is 2.50. The Bertz CT molecular complexity index is 600. The van der Waals surface area contributed by atoms with Crippen molar-refractivity contribution in [1.82, 2.24) is 0 Å². The van der Waals surface area contributed by atoms with E-state index in [9.17, 15) is 4.79 Å². The van der Waals surface area contributed by atoms with E-state index in [2.05, 4.69) is 6.58 Å². The van der Waals surface area contributed by atoms with Crippen molar-refractivity contribution in [3.05, 3.63) is 77.9 Å². The summed E-state index contributed by atoms with van der Waals surface area (Å²) >= 11 is 0. The van der Waals surface area contributed by atoms with Gasteiger partial charge < -0.3 is 4.74 Å². The van der Waals surface area contributed by atoms with Crippen LogP contribution in [0.2, 0.25) is 0 Å². The number of para-hydroxylation sites is 1. The van der Waals surface area contributed by atoms with E-state index in [1.807, 2.05) is 48.5 Å². The van der Waals surface area contributed by atoms with E-state index in [0.29, 0.717) is 24.3 Å². The standard InChI is InChI=1S/C18H18O2/c1-3-8-16-11-7-12-17(14(2)19)18(16)20-13-15-9-5-4-6-10-15/h3-7,9-12H,1,8,13H2,2H3. The Labute approximate surface area is 119 Å². The SMILES string of the molecule is C=CCc1cccc(C(C)=O)c1OCc1ccccc1. The van der Waals surface area contributed by atoms with E-state index in [0.717, 1.165) is 11.1 Å². The van der Waals surface area contributed by atoms with Crippen LogP contribution in [0.3, 0.4) is 0 Å². The van der Waals surface area contributed by atoms with Crippen LogP contribution in [-0.4, -0.2) is 5.78 Å². The summed E-state index contributed by atoms with van der Waals surface area (Å²) in [5, 5.41) is 0. The molecule has 2 rings (SSSR count). The molecule has 0 atom stereocenters. The third-order valence-corrected chi connectivity index (χ3v) is 3.07. The molecule has 0 bridgehead atoms. The molecule has 0 saturated carbocycles. The highest BCUT2D eigenvalue weighted by atomic mass is 16.5. The van der Waals surface area contributed by atoms with Gasteiger partial charge in [0, 0.05) is 0 Å². The predicted octanol–water partition coefficient (Wildman–Crippen LogP) is 4.20. The summed E-state index contributed by atoms with van der Waals surface area (Å²) in [6, 6.07) is 15.6. The molecule has 0 amide bonds. The first kappa shape index (κ1) is 14.1. The lowest BCUT2D eigenvalue weighted by atomic mass is 10.0. The molecule has 2 aromatic rings. The Morgan fingerprint density at radius 1 is 1.15 bits per heavy atom. The quantitative estimate of drug-likeness (QED) is 0.578. The first-order chi connectivity index (χ1) is 9.72. The van der Waals surface area contributed by atoms with E-state index < -0.39 is 0 Å². The van der Waals surface area contributed by atoms with Gasteiger partial charge in [0.1, 0.15) is 12.4 Å². The molecule has 0 unspecified atom stereocenters. The first-order valence-corrected chi connectivity index (χ1v) is 6.63. The summed E-state index contributed by atoms with van der Waals surface area (Å²) in [5.41, 5.74) is 2.69. The summed E-state index contributed by atoms with van der Waals surface area (Å²) in [5.74, 6) is 0.683. The Balaban J connectivity index is 2.28. The molecule has 0 spiro atoms. The normalized spacial score (nSPS) is 10.1. The number of hydrogen-bond acceptors (Lipinski definition) is 2. The summed E-state index contributed by atoms with van der Waals surface area (Å²) in [6.45, 7) is 5.76.